The normalized spacial score (nSPS) is 11.9. The first-order chi connectivity index (χ1) is 14.4. The van der Waals surface area contributed by atoms with Gasteiger partial charge < -0.3 is 15.1 Å². The minimum Gasteiger partial charge on any atom is -0.334 e. The highest BCUT2D eigenvalue weighted by Gasteiger charge is 2.19. The molecule has 0 fully saturated rings. The molecule has 0 bridgehead atoms. The zero-order chi connectivity index (χ0) is 21.8. The summed E-state index contributed by atoms with van der Waals surface area (Å²) in [5.41, 5.74) is 2.37. The summed E-state index contributed by atoms with van der Waals surface area (Å²) in [5, 5.41) is 3.24. The van der Waals surface area contributed by atoms with E-state index in [0.717, 1.165) is 18.5 Å². The van der Waals surface area contributed by atoms with E-state index in [1.54, 1.807) is 6.92 Å². The van der Waals surface area contributed by atoms with E-state index < -0.39 is 0 Å². The number of thioether (sulfide) groups is 1. The van der Waals surface area contributed by atoms with Gasteiger partial charge in [0, 0.05) is 38.4 Å². The Morgan fingerprint density at radius 1 is 0.900 bits per heavy atom. The molecule has 0 radical (unpaired) electrons. The maximum atomic E-state index is 13.1. The van der Waals surface area contributed by atoms with E-state index in [9.17, 15) is 9.59 Å². The van der Waals surface area contributed by atoms with Gasteiger partial charge in [-0.05, 0) is 38.1 Å². The SMILES string of the molecule is CC(=O)SC[C@H](Cc1ccccc1)NC(=O)N(CCc1ccccc1)CCN(C)C. The predicted molar refractivity (Wildman–Crippen MR) is 126 cm³/mol. The Hall–Kier alpha value is -2.31. The van der Waals surface area contributed by atoms with Crippen molar-refractivity contribution in [3.8, 4) is 0 Å². The van der Waals surface area contributed by atoms with Crippen LogP contribution in [0.1, 0.15) is 18.1 Å². The Balaban J connectivity index is 2.03. The van der Waals surface area contributed by atoms with Crippen molar-refractivity contribution >= 4 is 22.9 Å². The summed E-state index contributed by atoms with van der Waals surface area (Å²) < 4.78 is 0. The van der Waals surface area contributed by atoms with E-state index in [2.05, 4.69) is 34.5 Å². The maximum absolute atomic E-state index is 13.1. The molecular formula is C24H33N3O2S. The van der Waals surface area contributed by atoms with Gasteiger partial charge in [0.05, 0.1) is 0 Å². The molecule has 2 amide bonds. The largest absolute Gasteiger partial charge is 0.334 e. The molecule has 2 aromatic rings. The van der Waals surface area contributed by atoms with Crippen molar-refractivity contribution < 1.29 is 9.59 Å². The third-order valence-corrected chi connectivity index (χ3v) is 5.73. The van der Waals surface area contributed by atoms with Gasteiger partial charge in [-0.15, -0.1) is 0 Å². The van der Waals surface area contributed by atoms with Crippen molar-refractivity contribution in [2.45, 2.75) is 25.8 Å². The Morgan fingerprint density at radius 3 is 2.07 bits per heavy atom. The van der Waals surface area contributed by atoms with Gasteiger partial charge in [-0.25, -0.2) is 4.79 Å². The first-order valence-electron chi connectivity index (χ1n) is 10.4. The summed E-state index contributed by atoms with van der Waals surface area (Å²) in [7, 11) is 4.02. The van der Waals surface area contributed by atoms with Crippen LogP contribution in [0.2, 0.25) is 0 Å². The zero-order valence-corrected chi connectivity index (χ0v) is 19.0. The molecule has 0 aromatic heterocycles. The fraction of sp³-hybridized carbons (Fsp3) is 0.417. The lowest BCUT2D eigenvalue weighted by Gasteiger charge is -2.28. The van der Waals surface area contributed by atoms with Crippen LogP contribution in [-0.4, -0.2) is 66.5 Å². The van der Waals surface area contributed by atoms with Crippen LogP contribution in [0.4, 0.5) is 4.79 Å². The molecule has 6 heteroatoms. The maximum Gasteiger partial charge on any atom is 0.317 e. The highest BCUT2D eigenvalue weighted by molar-refractivity contribution is 8.13. The number of hydrogen-bond acceptors (Lipinski definition) is 4. The molecule has 0 spiro atoms. The van der Waals surface area contributed by atoms with Gasteiger partial charge in [0.25, 0.3) is 0 Å². The van der Waals surface area contributed by atoms with E-state index in [1.807, 2.05) is 55.4 Å². The molecule has 5 nitrogen and oxygen atoms in total. The van der Waals surface area contributed by atoms with Crippen molar-refractivity contribution in [2.75, 3.05) is 39.5 Å². The van der Waals surface area contributed by atoms with Crippen molar-refractivity contribution in [3.63, 3.8) is 0 Å². The molecule has 1 N–H and O–H groups in total. The average molecular weight is 428 g/mol. The fourth-order valence-corrected chi connectivity index (χ4v) is 3.72. The number of benzene rings is 2. The summed E-state index contributed by atoms with van der Waals surface area (Å²) in [6.07, 6.45) is 1.51. The van der Waals surface area contributed by atoms with Crippen LogP contribution >= 0.6 is 11.8 Å². The first kappa shape index (κ1) is 24.0. The van der Waals surface area contributed by atoms with Gasteiger partial charge >= 0.3 is 6.03 Å². The molecule has 0 saturated carbocycles. The van der Waals surface area contributed by atoms with E-state index >= 15 is 0 Å². The first-order valence-corrected chi connectivity index (χ1v) is 11.3. The number of amides is 2. The average Bonchev–Trinajstić information content (AvgIpc) is 2.73. The highest BCUT2D eigenvalue weighted by Crippen LogP contribution is 2.11. The number of carbonyl (C=O) groups is 2. The number of carbonyl (C=O) groups excluding carboxylic acids is 2. The number of nitrogens with zero attached hydrogens (tertiary/aromatic N) is 2. The second-order valence-electron chi connectivity index (χ2n) is 7.66. The Labute approximate surface area is 184 Å². The van der Waals surface area contributed by atoms with Gasteiger partial charge in [-0.3, -0.25) is 4.79 Å². The highest BCUT2D eigenvalue weighted by atomic mass is 32.2. The molecule has 1 atom stereocenters. The lowest BCUT2D eigenvalue weighted by molar-refractivity contribution is -0.109. The molecule has 0 unspecified atom stereocenters. The second kappa shape index (κ2) is 13.1. The van der Waals surface area contributed by atoms with Crippen LogP contribution in [0.25, 0.3) is 0 Å². The van der Waals surface area contributed by atoms with Crippen LogP contribution < -0.4 is 5.32 Å². The molecule has 0 saturated heterocycles. The van der Waals surface area contributed by atoms with Gasteiger partial charge in [0.2, 0.25) is 0 Å². The van der Waals surface area contributed by atoms with Gasteiger partial charge in [0.15, 0.2) is 5.12 Å². The second-order valence-corrected chi connectivity index (χ2v) is 8.86. The zero-order valence-electron chi connectivity index (χ0n) is 18.2. The minimum absolute atomic E-state index is 0.0656. The number of urea groups is 1. The van der Waals surface area contributed by atoms with Crippen LogP contribution in [-0.2, 0) is 17.6 Å². The Kier molecular flexibility index (Phi) is 10.5. The third-order valence-electron chi connectivity index (χ3n) is 4.76. The van der Waals surface area contributed by atoms with Crippen molar-refractivity contribution in [2.24, 2.45) is 0 Å². The van der Waals surface area contributed by atoms with Gasteiger partial charge in [-0.2, -0.15) is 0 Å². The number of rotatable bonds is 11. The van der Waals surface area contributed by atoms with Crippen LogP contribution in [0.3, 0.4) is 0 Å². The molecule has 0 heterocycles. The van der Waals surface area contributed by atoms with E-state index in [1.165, 1.54) is 17.3 Å². The van der Waals surface area contributed by atoms with E-state index in [0.29, 0.717) is 25.3 Å². The van der Waals surface area contributed by atoms with Gasteiger partial charge in [-0.1, -0.05) is 72.4 Å². The monoisotopic (exact) mass is 427 g/mol. The fourth-order valence-electron chi connectivity index (χ4n) is 3.08. The molecule has 0 aliphatic rings. The quantitative estimate of drug-likeness (QED) is 0.594. The van der Waals surface area contributed by atoms with Crippen LogP contribution in [0, 0.1) is 0 Å². The molecule has 0 aliphatic heterocycles. The third kappa shape index (κ3) is 9.46. The lowest BCUT2D eigenvalue weighted by Crippen LogP contribution is -2.49. The standard InChI is InChI=1S/C24H33N3O2S/c1-20(28)30-19-23(18-22-12-8-5-9-13-22)25-24(29)27(17-16-26(2)3)15-14-21-10-6-4-7-11-21/h4-13,23H,14-19H2,1-3H3,(H,25,29)/t23-/m0/s1. The predicted octanol–water partition coefficient (Wildman–Crippen LogP) is 3.69. The summed E-state index contributed by atoms with van der Waals surface area (Å²) >= 11 is 1.26. The topological polar surface area (TPSA) is 52.7 Å². The van der Waals surface area contributed by atoms with Crippen molar-refractivity contribution in [1.82, 2.24) is 15.1 Å². The molecule has 2 aromatic carbocycles. The summed E-state index contributed by atoms with van der Waals surface area (Å²) in [5.74, 6) is 0.566. The Morgan fingerprint density at radius 2 is 1.50 bits per heavy atom. The molecule has 0 aliphatic carbocycles. The summed E-state index contributed by atoms with van der Waals surface area (Å²) in [6.45, 7) is 3.67. The molecule has 30 heavy (non-hydrogen) atoms. The number of likely N-dealkylation sites (N-methyl/N-ethyl adjacent to an activating group) is 1. The summed E-state index contributed by atoms with van der Waals surface area (Å²) in [4.78, 5) is 28.6. The molecule has 162 valence electrons. The molecule has 2 rings (SSSR count). The van der Waals surface area contributed by atoms with E-state index in [4.69, 9.17) is 0 Å². The van der Waals surface area contributed by atoms with Crippen LogP contribution in [0.15, 0.2) is 60.7 Å². The number of nitrogens with one attached hydrogen (secondary N) is 1. The molecular weight excluding hydrogens is 394 g/mol. The Bertz CT molecular complexity index is 769. The van der Waals surface area contributed by atoms with Gasteiger partial charge in [0.1, 0.15) is 0 Å². The lowest BCUT2D eigenvalue weighted by atomic mass is 10.1. The minimum atomic E-state index is -0.104. The van der Waals surface area contributed by atoms with Crippen LogP contribution in [0.5, 0.6) is 0 Å². The smallest absolute Gasteiger partial charge is 0.317 e. The number of hydrogen-bond donors (Lipinski definition) is 1. The van der Waals surface area contributed by atoms with Crippen molar-refractivity contribution in [1.29, 1.82) is 0 Å². The summed E-state index contributed by atoms with van der Waals surface area (Å²) in [6, 6.07) is 20.1. The van der Waals surface area contributed by atoms with E-state index in [-0.39, 0.29) is 17.2 Å². The van der Waals surface area contributed by atoms with Crippen molar-refractivity contribution in [3.05, 3.63) is 71.8 Å².